The van der Waals surface area contributed by atoms with E-state index in [-0.39, 0.29) is 11.5 Å². The van der Waals surface area contributed by atoms with Gasteiger partial charge in [0.1, 0.15) is 5.82 Å². The minimum atomic E-state index is -0.459. The van der Waals surface area contributed by atoms with Crippen molar-refractivity contribution in [2.75, 3.05) is 29.4 Å². The number of hydrogen-bond acceptors (Lipinski definition) is 2. The summed E-state index contributed by atoms with van der Waals surface area (Å²) >= 11 is 0. The topological polar surface area (TPSA) is 23.6 Å². The maximum absolute atomic E-state index is 13.9. The van der Waals surface area contributed by atoms with E-state index >= 15 is 0 Å². The fraction of sp³-hybridized carbons (Fsp3) is 0.278. The highest BCUT2D eigenvalue weighted by Gasteiger charge is 2.31. The molecule has 1 amide bonds. The summed E-state index contributed by atoms with van der Waals surface area (Å²) in [6.07, 6.45) is 2.19. The van der Waals surface area contributed by atoms with Gasteiger partial charge in [-0.15, -0.1) is 0 Å². The Morgan fingerprint density at radius 2 is 1.86 bits per heavy atom. The Kier molecular flexibility index (Phi) is 3.10. The van der Waals surface area contributed by atoms with Crippen LogP contribution in [0.15, 0.2) is 42.5 Å². The average molecular weight is 296 g/mol. The summed E-state index contributed by atoms with van der Waals surface area (Å²) in [7, 11) is 0. The molecule has 0 aromatic heterocycles. The van der Waals surface area contributed by atoms with Gasteiger partial charge in [-0.2, -0.15) is 0 Å². The molecule has 0 radical (unpaired) electrons. The van der Waals surface area contributed by atoms with Gasteiger partial charge in [-0.05, 0) is 36.6 Å². The quantitative estimate of drug-likeness (QED) is 0.806. The summed E-state index contributed by atoms with van der Waals surface area (Å²) in [5.74, 6) is -0.712. The number of aryl methyl sites for hydroxylation is 1. The maximum Gasteiger partial charge on any atom is 0.261 e. The van der Waals surface area contributed by atoms with Gasteiger partial charge < -0.3 is 9.80 Å². The summed E-state index contributed by atoms with van der Waals surface area (Å²) in [6, 6.07) is 12.3. The van der Waals surface area contributed by atoms with Crippen molar-refractivity contribution in [1.82, 2.24) is 0 Å². The number of rotatable bonds is 1. The number of carbonyl (C=O) groups is 1. The van der Waals surface area contributed by atoms with Gasteiger partial charge in [0.2, 0.25) is 0 Å². The van der Waals surface area contributed by atoms with Crippen LogP contribution in [0.5, 0.6) is 0 Å². The SMILES string of the molecule is O=C(c1ccccc1F)N1CCN2CCCc3cccc1c32. The molecule has 0 aliphatic carbocycles. The Morgan fingerprint density at radius 3 is 2.73 bits per heavy atom. The fourth-order valence-corrected chi connectivity index (χ4v) is 3.49. The van der Waals surface area contributed by atoms with Crippen LogP contribution >= 0.6 is 0 Å². The van der Waals surface area contributed by atoms with Crippen LogP contribution in [-0.2, 0) is 6.42 Å². The van der Waals surface area contributed by atoms with Crippen LogP contribution in [0.25, 0.3) is 0 Å². The molecular weight excluding hydrogens is 279 g/mol. The van der Waals surface area contributed by atoms with Crippen LogP contribution in [0, 0.1) is 5.82 Å². The van der Waals surface area contributed by atoms with Crippen molar-refractivity contribution in [3.8, 4) is 0 Å². The van der Waals surface area contributed by atoms with E-state index in [1.165, 1.54) is 11.6 Å². The van der Waals surface area contributed by atoms with Crippen molar-refractivity contribution in [3.63, 3.8) is 0 Å². The molecule has 2 aromatic rings. The van der Waals surface area contributed by atoms with Gasteiger partial charge in [0, 0.05) is 19.6 Å². The first-order valence-corrected chi connectivity index (χ1v) is 7.69. The number of para-hydroxylation sites is 1. The summed E-state index contributed by atoms with van der Waals surface area (Å²) in [5, 5.41) is 0. The van der Waals surface area contributed by atoms with Gasteiger partial charge in [0.25, 0.3) is 5.91 Å². The average Bonchev–Trinajstić information content (AvgIpc) is 2.56. The van der Waals surface area contributed by atoms with E-state index in [4.69, 9.17) is 0 Å². The summed E-state index contributed by atoms with van der Waals surface area (Å²) < 4.78 is 13.9. The van der Waals surface area contributed by atoms with E-state index in [9.17, 15) is 9.18 Å². The third-order valence-electron chi connectivity index (χ3n) is 4.52. The second-order valence-corrected chi connectivity index (χ2v) is 5.81. The van der Waals surface area contributed by atoms with Crippen LogP contribution in [0.1, 0.15) is 22.3 Å². The zero-order valence-corrected chi connectivity index (χ0v) is 12.3. The minimum absolute atomic E-state index is 0.143. The van der Waals surface area contributed by atoms with Gasteiger partial charge in [-0.3, -0.25) is 4.79 Å². The molecular formula is C18H17FN2O. The van der Waals surface area contributed by atoms with Crippen LogP contribution < -0.4 is 9.80 Å². The van der Waals surface area contributed by atoms with E-state index < -0.39 is 5.82 Å². The van der Waals surface area contributed by atoms with E-state index in [2.05, 4.69) is 11.0 Å². The Morgan fingerprint density at radius 1 is 1.00 bits per heavy atom. The zero-order valence-electron chi connectivity index (χ0n) is 12.3. The molecule has 22 heavy (non-hydrogen) atoms. The third-order valence-corrected chi connectivity index (χ3v) is 4.52. The van der Waals surface area contributed by atoms with Crippen LogP contribution in [0.4, 0.5) is 15.8 Å². The lowest BCUT2D eigenvalue weighted by atomic mass is 9.97. The Hall–Kier alpha value is -2.36. The molecule has 0 saturated carbocycles. The molecule has 0 saturated heterocycles. The van der Waals surface area contributed by atoms with Gasteiger partial charge >= 0.3 is 0 Å². The molecule has 2 aliphatic rings. The van der Waals surface area contributed by atoms with Gasteiger partial charge in [0.05, 0.1) is 16.9 Å². The standard InChI is InChI=1S/C18H17FN2O/c19-15-8-2-1-7-14(15)18(22)21-12-11-20-10-4-6-13-5-3-9-16(21)17(13)20/h1-3,5,7-9H,4,6,10-12H2. The van der Waals surface area contributed by atoms with Crippen molar-refractivity contribution in [1.29, 1.82) is 0 Å². The van der Waals surface area contributed by atoms with Gasteiger partial charge in [-0.1, -0.05) is 24.3 Å². The molecule has 2 aromatic carbocycles. The number of amides is 1. The first-order valence-electron chi connectivity index (χ1n) is 7.69. The van der Waals surface area contributed by atoms with Gasteiger partial charge in [-0.25, -0.2) is 4.39 Å². The molecule has 2 aliphatic heterocycles. The number of anilines is 2. The highest BCUT2D eigenvalue weighted by atomic mass is 19.1. The van der Waals surface area contributed by atoms with Crippen molar-refractivity contribution < 1.29 is 9.18 Å². The predicted octanol–water partition coefficient (Wildman–Crippen LogP) is 3.24. The predicted molar refractivity (Wildman–Crippen MR) is 85.1 cm³/mol. The van der Waals surface area contributed by atoms with Crippen molar-refractivity contribution >= 4 is 17.3 Å². The molecule has 0 atom stereocenters. The molecule has 0 N–H and O–H groups in total. The molecule has 3 nitrogen and oxygen atoms in total. The Balaban J connectivity index is 1.78. The van der Waals surface area contributed by atoms with E-state index in [0.29, 0.717) is 6.54 Å². The van der Waals surface area contributed by atoms with E-state index in [1.807, 2.05) is 12.1 Å². The van der Waals surface area contributed by atoms with E-state index in [0.717, 1.165) is 37.3 Å². The number of nitrogens with zero attached hydrogens (tertiary/aromatic N) is 2. The van der Waals surface area contributed by atoms with Crippen LogP contribution in [-0.4, -0.2) is 25.5 Å². The fourth-order valence-electron chi connectivity index (χ4n) is 3.49. The second-order valence-electron chi connectivity index (χ2n) is 5.81. The summed E-state index contributed by atoms with van der Waals surface area (Å²) in [5.41, 5.74) is 3.50. The molecule has 0 unspecified atom stereocenters. The molecule has 0 spiro atoms. The van der Waals surface area contributed by atoms with Crippen molar-refractivity contribution in [2.24, 2.45) is 0 Å². The lowest BCUT2D eigenvalue weighted by Crippen LogP contribution is -2.46. The minimum Gasteiger partial charge on any atom is -0.368 e. The van der Waals surface area contributed by atoms with Gasteiger partial charge in [0.15, 0.2) is 0 Å². The first-order chi connectivity index (χ1) is 10.8. The third kappa shape index (κ3) is 1.98. The van der Waals surface area contributed by atoms with Crippen molar-refractivity contribution in [2.45, 2.75) is 12.8 Å². The number of benzene rings is 2. The van der Waals surface area contributed by atoms with Crippen LogP contribution in [0.3, 0.4) is 0 Å². The maximum atomic E-state index is 13.9. The smallest absolute Gasteiger partial charge is 0.261 e. The lowest BCUT2D eigenvalue weighted by Gasteiger charge is -2.41. The summed E-state index contributed by atoms with van der Waals surface area (Å²) in [6.45, 7) is 2.44. The summed E-state index contributed by atoms with van der Waals surface area (Å²) in [4.78, 5) is 16.8. The molecule has 2 heterocycles. The zero-order chi connectivity index (χ0) is 15.1. The second kappa shape index (κ2) is 5.13. The van der Waals surface area contributed by atoms with Crippen molar-refractivity contribution in [3.05, 3.63) is 59.4 Å². The normalized spacial score (nSPS) is 16.4. The largest absolute Gasteiger partial charge is 0.368 e. The molecule has 4 rings (SSSR count). The van der Waals surface area contributed by atoms with Crippen LogP contribution in [0.2, 0.25) is 0 Å². The monoisotopic (exact) mass is 296 g/mol. The number of halogens is 1. The molecule has 4 heteroatoms. The Labute approximate surface area is 129 Å². The molecule has 0 bridgehead atoms. The first kappa shape index (κ1) is 13.3. The lowest BCUT2D eigenvalue weighted by molar-refractivity contribution is 0.0982. The highest BCUT2D eigenvalue weighted by molar-refractivity contribution is 6.08. The Bertz CT molecular complexity index is 744. The highest BCUT2D eigenvalue weighted by Crippen LogP contribution is 2.39. The number of carbonyl (C=O) groups excluding carboxylic acids is 1. The van der Waals surface area contributed by atoms with E-state index in [1.54, 1.807) is 23.1 Å². The molecule has 0 fully saturated rings. The molecule has 112 valence electrons. The number of hydrogen-bond donors (Lipinski definition) is 0.